The fourth-order valence-corrected chi connectivity index (χ4v) is 2.56. The van der Waals surface area contributed by atoms with Gasteiger partial charge in [0, 0.05) is 13.1 Å². The molecule has 1 N–H and O–H groups in total. The number of carbonyl (C=O) groups excluding carboxylic acids is 1. The third-order valence-corrected chi connectivity index (χ3v) is 3.98. The minimum atomic E-state index is -0.0608. The van der Waals surface area contributed by atoms with E-state index < -0.39 is 0 Å². The largest absolute Gasteiger partial charge is 0.497 e. The van der Waals surface area contributed by atoms with Crippen LogP contribution < -0.4 is 10.1 Å². The number of aryl methyl sites for hydroxylation is 2. The third-order valence-electron chi connectivity index (χ3n) is 3.98. The molecule has 0 fully saturated rings. The summed E-state index contributed by atoms with van der Waals surface area (Å²) in [6, 6.07) is 9.90. The predicted octanol–water partition coefficient (Wildman–Crippen LogP) is 3.14. The summed E-state index contributed by atoms with van der Waals surface area (Å²) in [5.74, 6) is 1.17. The first-order valence-electron chi connectivity index (χ1n) is 8.01. The topological polar surface area (TPSA) is 56.2 Å². The average Bonchev–Trinajstić information content (AvgIpc) is 2.95. The number of ether oxygens (including phenoxy) is 1. The van der Waals surface area contributed by atoms with Crippen LogP contribution >= 0.6 is 0 Å². The number of hydrogen-bond donors (Lipinski definition) is 1. The van der Waals surface area contributed by atoms with E-state index in [-0.39, 0.29) is 5.91 Å². The van der Waals surface area contributed by atoms with Crippen LogP contribution in [-0.4, -0.2) is 29.3 Å². The van der Waals surface area contributed by atoms with Crippen LogP contribution in [0.1, 0.15) is 47.9 Å². The van der Waals surface area contributed by atoms with Crippen LogP contribution in [0.4, 0.5) is 0 Å². The lowest BCUT2D eigenvalue weighted by Gasteiger charge is -2.13. The zero-order valence-electron chi connectivity index (χ0n) is 14.3. The van der Waals surface area contributed by atoms with Crippen LogP contribution in [-0.2, 0) is 6.54 Å². The van der Waals surface area contributed by atoms with Gasteiger partial charge in [0.05, 0.1) is 12.8 Å². The Morgan fingerprint density at radius 2 is 2.04 bits per heavy atom. The van der Waals surface area contributed by atoms with E-state index in [0.717, 1.165) is 17.9 Å². The number of benzene rings is 1. The van der Waals surface area contributed by atoms with Crippen molar-refractivity contribution in [2.75, 3.05) is 13.7 Å². The molecular weight excluding hydrogens is 290 g/mol. The number of aromatic nitrogens is 2. The summed E-state index contributed by atoms with van der Waals surface area (Å²) in [5.41, 5.74) is 2.74. The number of nitrogens with one attached hydrogen (secondary N) is 1. The Labute approximate surface area is 137 Å². The van der Waals surface area contributed by atoms with E-state index in [1.54, 1.807) is 11.8 Å². The van der Waals surface area contributed by atoms with E-state index in [2.05, 4.69) is 29.5 Å². The first kappa shape index (κ1) is 17.1. The fraction of sp³-hybridized carbons (Fsp3) is 0.444. The van der Waals surface area contributed by atoms with Gasteiger partial charge in [-0.05, 0) is 49.9 Å². The Balaban J connectivity index is 1.87. The van der Waals surface area contributed by atoms with Gasteiger partial charge in [-0.1, -0.05) is 19.1 Å². The van der Waals surface area contributed by atoms with Gasteiger partial charge in [-0.15, -0.1) is 0 Å². The summed E-state index contributed by atoms with van der Waals surface area (Å²) < 4.78 is 6.90. The maximum atomic E-state index is 12.3. The summed E-state index contributed by atoms with van der Waals surface area (Å²) in [7, 11) is 1.66. The van der Waals surface area contributed by atoms with Gasteiger partial charge in [-0.3, -0.25) is 9.48 Å². The van der Waals surface area contributed by atoms with E-state index in [1.165, 1.54) is 5.56 Å². The Morgan fingerprint density at radius 1 is 1.35 bits per heavy atom. The highest BCUT2D eigenvalue weighted by Gasteiger charge is 2.13. The van der Waals surface area contributed by atoms with E-state index in [9.17, 15) is 4.79 Å². The van der Waals surface area contributed by atoms with Crippen LogP contribution in [0.2, 0.25) is 0 Å². The second kappa shape index (κ2) is 7.81. The molecule has 1 aromatic carbocycles. The normalized spacial score (nSPS) is 12.0. The van der Waals surface area contributed by atoms with E-state index >= 15 is 0 Å². The van der Waals surface area contributed by atoms with Crippen molar-refractivity contribution in [2.45, 2.75) is 39.7 Å². The van der Waals surface area contributed by atoms with Crippen molar-refractivity contribution in [1.29, 1.82) is 0 Å². The van der Waals surface area contributed by atoms with Gasteiger partial charge in [0.2, 0.25) is 0 Å². The van der Waals surface area contributed by atoms with Crippen LogP contribution in [0, 0.1) is 6.92 Å². The van der Waals surface area contributed by atoms with Crippen LogP contribution in [0.5, 0.6) is 5.75 Å². The molecule has 0 aliphatic rings. The summed E-state index contributed by atoms with van der Waals surface area (Å²) in [5, 5.41) is 7.29. The lowest BCUT2D eigenvalue weighted by atomic mass is 9.98. The highest BCUT2D eigenvalue weighted by Crippen LogP contribution is 2.21. The molecule has 5 nitrogen and oxygen atoms in total. The molecule has 2 rings (SSSR count). The van der Waals surface area contributed by atoms with Crippen molar-refractivity contribution in [3.05, 3.63) is 47.3 Å². The van der Waals surface area contributed by atoms with Crippen molar-refractivity contribution in [3.8, 4) is 5.75 Å². The van der Waals surface area contributed by atoms with Crippen LogP contribution in [0.3, 0.4) is 0 Å². The highest BCUT2D eigenvalue weighted by atomic mass is 16.5. The summed E-state index contributed by atoms with van der Waals surface area (Å²) >= 11 is 0. The predicted molar refractivity (Wildman–Crippen MR) is 91.0 cm³/mol. The SMILES string of the molecule is CCn1nc(C)cc1C(=O)NCC[C@@H](C)c1ccc(OC)cc1. The van der Waals surface area contributed by atoms with Crippen molar-refractivity contribution in [2.24, 2.45) is 0 Å². The van der Waals surface area contributed by atoms with Crippen molar-refractivity contribution in [3.63, 3.8) is 0 Å². The number of nitrogens with zero attached hydrogens (tertiary/aromatic N) is 2. The van der Waals surface area contributed by atoms with E-state index in [4.69, 9.17) is 4.74 Å². The molecule has 0 aliphatic heterocycles. The van der Waals surface area contributed by atoms with Gasteiger partial charge >= 0.3 is 0 Å². The Hall–Kier alpha value is -2.30. The first-order chi connectivity index (χ1) is 11.0. The van der Waals surface area contributed by atoms with E-state index in [0.29, 0.717) is 24.7 Å². The molecule has 0 saturated heterocycles. The fourth-order valence-electron chi connectivity index (χ4n) is 2.56. The number of carbonyl (C=O) groups is 1. The van der Waals surface area contributed by atoms with Gasteiger partial charge in [-0.2, -0.15) is 5.10 Å². The van der Waals surface area contributed by atoms with Crippen molar-refractivity contribution >= 4 is 5.91 Å². The number of amides is 1. The molecule has 0 bridgehead atoms. The van der Waals surface area contributed by atoms with Crippen LogP contribution in [0.15, 0.2) is 30.3 Å². The summed E-state index contributed by atoms with van der Waals surface area (Å²) in [6.07, 6.45) is 0.886. The van der Waals surface area contributed by atoms with Gasteiger partial charge in [0.15, 0.2) is 0 Å². The highest BCUT2D eigenvalue weighted by molar-refractivity contribution is 5.92. The average molecular weight is 315 g/mol. The molecule has 0 saturated carbocycles. The molecule has 0 unspecified atom stereocenters. The lowest BCUT2D eigenvalue weighted by Crippen LogP contribution is -2.27. The zero-order chi connectivity index (χ0) is 16.8. The third kappa shape index (κ3) is 4.34. The Morgan fingerprint density at radius 3 is 2.65 bits per heavy atom. The van der Waals surface area contributed by atoms with Crippen molar-refractivity contribution in [1.82, 2.24) is 15.1 Å². The molecule has 1 heterocycles. The molecule has 0 spiro atoms. The molecule has 0 radical (unpaired) electrons. The lowest BCUT2D eigenvalue weighted by molar-refractivity contribution is 0.0942. The molecule has 1 atom stereocenters. The smallest absolute Gasteiger partial charge is 0.269 e. The minimum Gasteiger partial charge on any atom is -0.497 e. The number of hydrogen-bond acceptors (Lipinski definition) is 3. The second-order valence-electron chi connectivity index (χ2n) is 5.71. The molecule has 23 heavy (non-hydrogen) atoms. The molecule has 1 aromatic heterocycles. The standard InChI is InChI=1S/C18H25N3O2/c1-5-21-17(12-14(3)20-21)18(22)19-11-10-13(2)15-6-8-16(23-4)9-7-15/h6-9,12-13H,5,10-11H2,1-4H3,(H,19,22)/t13-/m1/s1. The Bertz CT molecular complexity index is 647. The van der Waals surface area contributed by atoms with Gasteiger partial charge in [0.1, 0.15) is 11.4 Å². The molecular formula is C18H25N3O2. The van der Waals surface area contributed by atoms with Gasteiger partial charge < -0.3 is 10.1 Å². The minimum absolute atomic E-state index is 0.0608. The monoisotopic (exact) mass is 315 g/mol. The molecule has 1 amide bonds. The second-order valence-corrected chi connectivity index (χ2v) is 5.71. The number of rotatable bonds is 7. The van der Waals surface area contributed by atoms with E-state index in [1.807, 2.05) is 32.0 Å². The summed E-state index contributed by atoms with van der Waals surface area (Å²) in [4.78, 5) is 12.3. The summed E-state index contributed by atoms with van der Waals surface area (Å²) in [6.45, 7) is 7.37. The maximum absolute atomic E-state index is 12.3. The molecule has 5 heteroatoms. The maximum Gasteiger partial charge on any atom is 0.269 e. The quantitative estimate of drug-likeness (QED) is 0.854. The van der Waals surface area contributed by atoms with Crippen molar-refractivity contribution < 1.29 is 9.53 Å². The molecule has 2 aromatic rings. The Kier molecular flexibility index (Phi) is 5.79. The first-order valence-corrected chi connectivity index (χ1v) is 8.01. The number of methoxy groups -OCH3 is 1. The zero-order valence-corrected chi connectivity index (χ0v) is 14.3. The van der Waals surface area contributed by atoms with Gasteiger partial charge in [-0.25, -0.2) is 0 Å². The molecule has 0 aliphatic carbocycles. The molecule has 124 valence electrons. The van der Waals surface area contributed by atoms with Gasteiger partial charge in [0.25, 0.3) is 5.91 Å². The van der Waals surface area contributed by atoms with Crippen LogP contribution in [0.25, 0.3) is 0 Å².